The molecule has 3 aliphatic carbocycles. The molecule has 1 N–H and O–H groups in total. The fourth-order valence-electron chi connectivity index (χ4n) is 9.19. The number of ether oxygens (including phenoxy) is 1. The molecule has 0 spiro atoms. The quantitative estimate of drug-likeness (QED) is 0.342. The van der Waals surface area contributed by atoms with Gasteiger partial charge in [-0.05, 0) is 111 Å². The number of carbonyl (C=O) groups is 2. The van der Waals surface area contributed by atoms with E-state index in [4.69, 9.17) is 4.74 Å². The first kappa shape index (κ1) is 28.9. The molecule has 0 radical (unpaired) electrons. The van der Waals surface area contributed by atoms with Crippen LogP contribution in [0.25, 0.3) is 11.1 Å². The molecule has 4 fully saturated rings. The molecule has 9 heteroatoms. The van der Waals surface area contributed by atoms with Gasteiger partial charge in [-0.3, -0.25) is 4.79 Å². The molecular formula is C36H41FN4O4. The second-order valence-corrected chi connectivity index (χ2v) is 14.2. The zero-order valence-corrected chi connectivity index (χ0v) is 25.9. The van der Waals surface area contributed by atoms with Crippen molar-refractivity contribution in [3.8, 4) is 11.1 Å². The normalized spacial score (nSPS) is 26.3. The van der Waals surface area contributed by atoms with Crippen molar-refractivity contribution in [1.29, 1.82) is 0 Å². The van der Waals surface area contributed by atoms with Gasteiger partial charge in [0.2, 0.25) is 0 Å². The first-order valence-corrected chi connectivity index (χ1v) is 16.6. The molecule has 1 aromatic heterocycles. The van der Waals surface area contributed by atoms with Crippen LogP contribution < -0.4 is 0 Å². The topological polar surface area (TPSA) is 87.9 Å². The van der Waals surface area contributed by atoms with Gasteiger partial charge >= 0.3 is 5.97 Å². The lowest BCUT2D eigenvalue weighted by Gasteiger charge is -2.72. The number of imidazole rings is 1. The second kappa shape index (κ2) is 10.8. The monoisotopic (exact) mass is 612 g/mol. The molecule has 8 nitrogen and oxygen atoms in total. The number of aliphatic hydroxyl groups is 1. The first-order valence-electron chi connectivity index (χ1n) is 16.6. The van der Waals surface area contributed by atoms with Crippen LogP contribution in [0.15, 0.2) is 42.7 Å². The van der Waals surface area contributed by atoms with Gasteiger partial charge in [0.25, 0.3) is 5.91 Å². The second-order valence-electron chi connectivity index (χ2n) is 14.2. The number of piperidine rings is 1. The maximum atomic E-state index is 15.6. The molecule has 1 unspecified atom stereocenters. The first-order chi connectivity index (χ1) is 21.8. The highest BCUT2D eigenvalue weighted by Crippen LogP contribution is 2.73. The van der Waals surface area contributed by atoms with Gasteiger partial charge in [-0.2, -0.15) is 0 Å². The van der Waals surface area contributed by atoms with Gasteiger partial charge in [0.1, 0.15) is 5.82 Å². The summed E-state index contributed by atoms with van der Waals surface area (Å²) in [5.74, 6) is -0.881. The summed E-state index contributed by atoms with van der Waals surface area (Å²) in [4.78, 5) is 35.6. The van der Waals surface area contributed by atoms with E-state index in [-0.39, 0.29) is 24.5 Å². The van der Waals surface area contributed by atoms with E-state index in [0.29, 0.717) is 40.3 Å². The smallest absolute Gasteiger partial charge is 0.335 e. The van der Waals surface area contributed by atoms with Crippen molar-refractivity contribution in [1.82, 2.24) is 19.4 Å². The Labute approximate surface area is 263 Å². The largest absolute Gasteiger partial charge is 0.464 e. The van der Waals surface area contributed by atoms with E-state index >= 15 is 4.39 Å². The van der Waals surface area contributed by atoms with Crippen molar-refractivity contribution in [2.24, 2.45) is 11.3 Å². The highest BCUT2D eigenvalue weighted by molar-refractivity contribution is 6.02. The minimum atomic E-state index is -1.01. The summed E-state index contributed by atoms with van der Waals surface area (Å²) in [7, 11) is 0. The van der Waals surface area contributed by atoms with E-state index < -0.39 is 17.8 Å². The predicted octanol–water partition coefficient (Wildman–Crippen LogP) is 5.02. The summed E-state index contributed by atoms with van der Waals surface area (Å²) < 4.78 is 23.1. The lowest BCUT2D eigenvalue weighted by molar-refractivity contribution is -0.158. The van der Waals surface area contributed by atoms with Crippen molar-refractivity contribution in [3.63, 3.8) is 0 Å². The number of hydrogen-bond donors (Lipinski definition) is 1. The minimum Gasteiger partial charge on any atom is -0.464 e. The van der Waals surface area contributed by atoms with Crippen LogP contribution in [-0.4, -0.2) is 69.2 Å². The standard InChI is InChI=1S/C36H41FN4O4/c1-2-45-34(44)32(31-30-4-3-11-40(30)22-38-31)41-16-28-27(33(41)43)14-25(15-29(28)37)24-5-7-26(8-6-24)36-18-35(19-36,20-36)21-39-12-9-23(17-42)10-13-39/h5-8,14-15,22-23,32,42H,2-4,9-13,16-21H2,1H3. The highest BCUT2D eigenvalue weighted by Gasteiger charge is 2.68. The summed E-state index contributed by atoms with van der Waals surface area (Å²) in [5.41, 5.74) is 5.66. The van der Waals surface area contributed by atoms with Crippen molar-refractivity contribution >= 4 is 11.9 Å². The van der Waals surface area contributed by atoms with Gasteiger partial charge in [-0.15, -0.1) is 0 Å². The number of halogens is 1. The van der Waals surface area contributed by atoms with E-state index in [1.807, 2.05) is 4.57 Å². The van der Waals surface area contributed by atoms with Gasteiger partial charge in [0, 0.05) is 36.5 Å². The zero-order valence-electron chi connectivity index (χ0n) is 25.9. The molecule has 4 heterocycles. The van der Waals surface area contributed by atoms with Crippen molar-refractivity contribution in [2.45, 2.75) is 76.4 Å². The number of nitrogens with zero attached hydrogens (tertiary/aromatic N) is 4. The average molecular weight is 613 g/mol. The van der Waals surface area contributed by atoms with E-state index in [1.54, 1.807) is 19.3 Å². The molecule has 2 bridgehead atoms. The molecule has 236 valence electrons. The average Bonchev–Trinajstić information content (AvgIpc) is 3.72. The number of aliphatic hydroxyl groups excluding tert-OH is 1. The number of esters is 1. The maximum absolute atomic E-state index is 15.6. The summed E-state index contributed by atoms with van der Waals surface area (Å²) in [6, 6.07) is 10.7. The molecule has 3 aliphatic heterocycles. The van der Waals surface area contributed by atoms with Gasteiger partial charge < -0.3 is 24.2 Å². The van der Waals surface area contributed by atoms with Crippen molar-refractivity contribution in [2.75, 3.05) is 32.8 Å². The van der Waals surface area contributed by atoms with E-state index in [9.17, 15) is 14.7 Å². The van der Waals surface area contributed by atoms with Crippen LogP contribution in [-0.2, 0) is 34.5 Å². The zero-order chi connectivity index (χ0) is 30.9. The van der Waals surface area contributed by atoms with Gasteiger partial charge in [-0.1, -0.05) is 24.3 Å². The van der Waals surface area contributed by atoms with Crippen LogP contribution in [0, 0.1) is 17.2 Å². The Hall–Kier alpha value is -3.56. The SMILES string of the molecule is CCOC(=O)C(c1ncn2c1CCC2)N1Cc2c(F)cc(-c3ccc(C45CC(CN6CCC(CO)CC6)(C4)C5)cc3)cc2C1=O. The number of aromatic nitrogens is 2. The van der Waals surface area contributed by atoms with Crippen LogP contribution in [0.4, 0.5) is 4.39 Å². The van der Waals surface area contributed by atoms with Gasteiger partial charge in [0.15, 0.2) is 6.04 Å². The molecule has 1 amide bonds. The Bertz CT molecular complexity index is 1640. The number of rotatable bonds is 9. The fraction of sp³-hybridized carbons (Fsp3) is 0.528. The van der Waals surface area contributed by atoms with Crippen molar-refractivity contribution < 1.29 is 23.8 Å². The molecular weight excluding hydrogens is 571 g/mol. The number of hydrogen-bond acceptors (Lipinski definition) is 6. The van der Waals surface area contributed by atoms with Crippen LogP contribution in [0.1, 0.15) is 84.4 Å². The number of likely N-dealkylation sites (tertiary alicyclic amines) is 1. The third-order valence-electron chi connectivity index (χ3n) is 11.4. The summed E-state index contributed by atoms with van der Waals surface area (Å²) in [5, 5.41) is 9.44. The molecule has 6 aliphatic rings. The Morgan fingerprint density at radius 1 is 1.11 bits per heavy atom. The molecule has 9 rings (SSSR count). The fourth-order valence-corrected chi connectivity index (χ4v) is 9.19. The third-order valence-corrected chi connectivity index (χ3v) is 11.4. The Balaban J connectivity index is 0.982. The van der Waals surface area contributed by atoms with Crippen LogP contribution in [0.3, 0.4) is 0 Å². The van der Waals surface area contributed by atoms with E-state index in [0.717, 1.165) is 56.6 Å². The number of amides is 1. The lowest BCUT2D eigenvalue weighted by Crippen LogP contribution is -2.68. The molecule has 45 heavy (non-hydrogen) atoms. The van der Waals surface area contributed by atoms with Crippen LogP contribution >= 0.6 is 0 Å². The van der Waals surface area contributed by atoms with E-state index in [2.05, 4.69) is 34.1 Å². The van der Waals surface area contributed by atoms with Gasteiger partial charge in [0.05, 0.1) is 25.2 Å². The maximum Gasteiger partial charge on any atom is 0.335 e. The number of aryl methyl sites for hydroxylation is 1. The van der Waals surface area contributed by atoms with Crippen LogP contribution in [0.2, 0.25) is 0 Å². The lowest BCUT2D eigenvalue weighted by atomic mass is 9.33. The third kappa shape index (κ3) is 4.64. The Morgan fingerprint density at radius 3 is 2.58 bits per heavy atom. The highest BCUT2D eigenvalue weighted by atomic mass is 19.1. The molecule has 3 aromatic rings. The number of carbonyl (C=O) groups excluding carboxylic acids is 2. The predicted molar refractivity (Wildman–Crippen MR) is 166 cm³/mol. The summed E-state index contributed by atoms with van der Waals surface area (Å²) in [6.07, 6.45) is 9.32. The minimum absolute atomic E-state index is 0.00128. The number of fused-ring (bicyclic) bond motifs is 2. The Morgan fingerprint density at radius 2 is 1.87 bits per heavy atom. The summed E-state index contributed by atoms with van der Waals surface area (Å²) >= 11 is 0. The number of benzene rings is 2. The van der Waals surface area contributed by atoms with Crippen LogP contribution in [0.5, 0.6) is 0 Å². The van der Waals surface area contributed by atoms with Gasteiger partial charge in [-0.25, -0.2) is 14.2 Å². The molecule has 3 saturated carbocycles. The molecule has 1 saturated heterocycles. The molecule has 2 aromatic carbocycles. The molecule has 1 atom stereocenters. The van der Waals surface area contributed by atoms with E-state index in [1.165, 1.54) is 42.3 Å². The summed E-state index contributed by atoms with van der Waals surface area (Å²) in [6.45, 7) is 6.43. The Kier molecular flexibility index (Phi) is 6.91. The van der Waals surface area contributed by atoms with Crippen molar-refractivity contribution in [3.05, 3.63) is 76.6 Å².